The molecule has 1 saturated heterocycles. The molecule has 0 unspecified atom stereocenters. The number of hydrogen-bond donors (Lipinski definition) is 0. The molecule has 6 heteroatoms. The summed E-state index contributed by atoms with van der Waals surface area (Å²) in [5, 5.41) is 0. The third-order valence-corrected chi connectivity index (χ3v) is 5.38. The van der Waals surface area contributed by atoms with E-state index in [2.05, 4.69) is 16.8 Å². The Morgan fingerprint density at radius 2 is 1.62 bits per heavy atom. The number of benzene rings is 2. The molecule has 2 aromatic carbocycles. The Morgan fingerprint density at radius 3 is 2.38 bits per heavy atom. The zero-order valence-electron chi connectivity index (χ0n) is 16.8. The molecule has 0 atom stereocenters. The number of hydrogen-bond acceptors (Lipinski definition) is 4. The van der Waals surface area contributed by atoms with Gasteiger partial charge in [0.05, 0.1) is 5.69 Å². The summed E-state index contributed by atoms with van der Waals surface area (Å²) in [4.78, 5) is 19.8. The predicted molar refractivity (Wildman–Crippen MR) is 120 cm³/mol. The van der Waals surface area contributed by atoms with E-state index in [0.717, 1.165) is 56.1 Å². The maximum atomic E-state index is 13.1. The third kappa shape index (κ3) is 5.18. The molecule has 2 heterocycles. The Kier molecular flexibility index (Phi) is 7.31. The molecule has 0 spiro atoms. The highest BCUT2D eigenvalue weighted by molar-refractivity contribution is 6.09. The molecule has 2 aliphatic rings. The number of piperazine rings is 1. The first-order valence-electron chi connectivity index (χ1n) is 9.97. The Morgan fingerprint density at radius 1 is 0.931 bits per heavy atom. The topological polar surface area (TPSA) is 36.0 Å². The summed E-state index contributed by atoms with van der Waals surface area (Å²) >= 11 is 0. The van der Waals surface area contributed by atoms with Gasteiger partial charge in [-0.3, -0.25) is 4.79 Å². The fourth-order valence-corrected chi connectivity index (χ4v) is 3.71. The molecule has 2 aromatic rings. The smallest absolute Gasteiger partial charge is 0.294 e. The van der Waals surface area contributed by atoms with E-state index < -0.39 is 0 Å². The number of ether oxygens (including phenoxy) is 1. The minimum Gasteiger partial charge on any atom is -0.449 e. The molecule has 2 aliphatic heterocycles. The van der Waals surface area contributed by atoms with E-state index in [1.807, 2.05) is 65.6 Å². The molecule has 0 N–H and O–H groups in total. The van der Waals surface area contributed by atoms with Gasteiger partial charge < -0.3 is 19.4 Å². The lowest BCUT2D eigenvalue weighted by atomic mass is 10.1. The minimum absolute atomic E-state index is 0. The van der Waals surface area contributed by atoms with Crippen LogP contribution >= 0.6 is 12.4 Å². The van der Waals surface area contributed by atoms with Crippen LogP contribution in [0, 0.1) is 0 Å². The predicted octanol–water partition coefficient (Wildman–Crippen LogP) is 3.51. The second-order valence-corrected chi connectivity index (χ2v) is 7.44. The lowest BCUT2D eigenvalue weighted by Gasteiger charge is -2.34. The van der Waals surface area contributed by atoms with Gasteiger partial charge in [0.25, 0.3) is 5.91 Å². The van der Waals surface area contributed by atoms with Crippen LogP contribution in [0.15, 0.2) is 60.4 Å². The van der Waals surface area contributed by atoms with E-state index in [0.29, 0.717) is 12.3 Å². The molecule has 1 amide bonds. The summed E-state index contributed by atoms with van der Waals surface area (Å²) in [6.07, 6.45) is 2.77. The summed E-state index contributed by atoms with van der Waals surface area (Å²) in [5.41, 5.74) is 1.82. The largest absolute Gasteiger partial charge is 0.449 e. The molecule has 5 nitrogen and oxygen atoms in total. The maximum Gasteiger partial charge on any atom is 0.294 e. The van der Waals surface area contributed by atoms with Crippen molar-refractivity contribution in [2.24, 2.45) is 0 Å². The summed E-state index contributed by atoms with van der Waals surface area (Å²) < 4.78 is 5.94. The van der Waals surface area contributed by atoms with E-state index in [-0.39, 0.29) is 18.3 Å². The van der Waals surface area contributed by atoms with Crippen molar-refractivity contribution in [1.29, 1.82) is 0 Å². The van der Waals surface area contributed by atoms with E-state index in [9.17, 15) is 4.79 Å². The Labute approximate surface area is 179 Å². The van der Waals surface area contributed by atoms with Crippen molar-refractivity contribution in [3.63, 3.8) is 0 Å². The number of halogens is 1. The van der Waals surface area contributed by atoms with Gasteiger partial charge in [-0.25, -0.2) is 0 Å². The fraction of sp³-hybridized carbons (Fsp3) is 0.348. The Balaban J connectivity index is 0.00000240. The molecule has 154 valence electrons. The molecule has 0 aliphatic carbocycles. The van der Waals surface area contributed by atoms with Gasteiger partial charge in [-0.15, -0.1) is 12.4 Å². The summed E-state index contributed by atoms with van der Waals surface area (Å²) in [6.45, 7) is 6.13. The highest BCUT2D eigenvalue weighted by atomic mass is 35.5. The van der Waals surface area contributed by atoms with Crippen molar-refractivity contribution in [3.8, 4) is 5.75 Å². The van der Waals surface area contributed by atoms with Crippen LogP contribution in [0.4, 0.5) is 5.69 Å². The van der Waals surface area contributed by atoms with Gasteiger partial charge in [-0.2, -0.15) is 0 Å². The molecule has 1 fully saturated rings. The lowest BCUT2D eigenvalue weighted by Crippen LogP contribution is -2.45. The lowest BCUT2D eigenvalue weighted by molar-refractivity contribution is -0.117. The number of carbonyl (C=O) groups is 1. The summed E-state index contributed by atoms with van der Waals surface area (Å²) in [7, 11) is 2.17. The first-order chi connectivity index (χ1) is 13.7. The zero-order chi connectivity index (χ0) is 19.3. The molecule has 0 saturated carbocycles. The van der Waals surface area contributed by atoms with Crippen LogP contribution in [0.1, 0.15) is 12.0 Å². The normalized spacial score (nSPS) is 18.9. The fourth-order valence-electron chi connectivity index (χ4n) is 3.71. The molecule has 0 aromatic heterocycles. The highest BCUT2D eigenvalue weighted by Crippen LogP contribution is 2.35. The van der Waals surface area contributed by atoms with Crippen molar-refractivity contribution in [1.82, 2.24) is 9.80 Å². The number of anilines is 1. The summed E-state index contributed by atoms with van der Waals surface area (Å²) in [5.74, 6) is 1.05. The second kappa shape index (κ2) is 9.92. The van der Waals surface area contributed by atoms with Crippen molar-refractivity contribution in [2.45, 2.75) is 6.42 Å². The van der Waals surface area contributed by atoms with Crippen LogP contribution in [0.3, 0.4) is 0 Å². The molecule has 29 heavy (non-hydrogen) atoms. The standard InChI is InChI=1S/C23H27N3O2.ClH/c1-24-14-16-25(17-15-24)12-7-13-26-20-10-5-6-11-21(20)28-22(23(26)27)18-19-8-3-2-4-9-19;/h2-6,8-11,18H,7,12-17H2,1H3;1H/b22-18-;. The molecule has 4 rings (SSSR count). The van der Waals surface area contributed by atoms with Gasteiger partial charge in [-0.05, 0) is 43.8 Å². The van der Waals surface area contributed by atoms with Crippen molar-refractivity contribution < 1.29 is 9.53 Å². The monoisotopic (exact) mass is 413 g/mol. The molecule has 0 radical (unpaired) electrons. The van der Waals surface area contributed by atoms with Crippen LogP contribution < -0.4 is 9.64 Å². The molecular formula is C23H28ClN3O2. The van der Waals surface area contributed by atoms with Gasteiger partial charge in [0.2, 0.25) is 0 Å². The first kappa shape index (κ1) is 21.4. The van der Waals surface area contributed by atoms with Crippen LogP contribution in [-0.2, 0) is 4.79 Å². The van der Waals surface area contributed by atoms with Crippen molar-refractivity contribution >= 4 is 30.1 Å². The Hall–Kier alpha value is -2.34. The molecular weight excluding hydrogens is 386 g/mol. The number of amides is 1. The quantitative estimate of drug-likeness (QED) is 0.703. The van der Waals surface area contributed by atoms with Gasteiger partial charge >= 0.3 is 0 Å². The number of para-hydroxylation sites is 2. The van der Waals surface area contributed by atoms with Crippen LogP contribution in [0.2, 0.25) is 0 Å². The Bertz CT molecular complexity index is 848. The highest BCUT2D eigenvalue weighted by Gasteiger charge is 2.30. The second-order valence-electron chi connectivity index (χ2n) is 7.44. The third-order valence-electron chi connectivity index (χ3n) is 5.38. The number of carbonyl (C=O) groups excluding carboxylic acids is 1. The average molecular weight is 414 g/mol. The maximum absolute atomic E-state index is 13.1. The van der Waals surface area contributed by atoms with Crippen LogP contribution in [-0.4, -0.2) is 62.0 Å². The van der Waals surface area contributed by atoms with Gasteiger partial charge in [0.15, 0.2) is 11.5 Å². The van der Waals surface area contributed by atoms with Crippen molar-refractivity contribution in [3.05, 3.63) is 65.9 Å². The van der Waals surface area contributed by atoms with Crippen LogP contribution in [0.5, 0.6) is 5.75 Å². The van der Waals surface area contributed by atoms with Crippen molar-refractivity contribution in [2.75, 3.05) is 51.2 Å². The zero-order valence-corrected chi connectivity index (χ0v) is 17.6. The minimum atomic E-state index is -0.0686. The first-order valence-corrected chi connectivity index (χ1v) is 9.97. The molecule has 0 bridgehead atoms. The van der Waals surface area contributed by atoms with E-state index >= 15 is 0 Å². The van der Waals surface area contributed by atoms with Gasteiger partial charge in [0.1, 0.15) is 0 Å². The van der Waals surface area contributed by atoms with E-state index in [1.165, 1.54) is 0 Å². The van der Waals surface area contributed by atoms with E-state index in [4.69, 9.17) is 4.74 Å². The number of nitrogens with zero attached hydrogens (tertiary/aromatic N) is 3. The number of fused-ring (bicyclic) bond motifs is 1. The van der Waals surface area contributed by atoms with Crippen LogP contribution in [0.25, 0.3) is 6.08 Å². The van der Waals surface area contributed by atoms with Gasteiger partial charge in [-0.1, -0.05) is 42.5 Å². The SMILES string of the molecule is CN1CCN(CCCN2C(=O)/C(=C/c3ccccc3)Oc3ccccc32)CC1.Cl. The van der Waals surface area contributed by atoms with Gasteiger partial charge in [0, 0.05) is 32.7 Å². The van der Waals surface area contributed by atoms with E-state index in [1.54, 1.807) is 0 Å². The summed E-state index contributed by atoms with van der Waals surface area (Å²) in [6, 6.07) is 17.6. The number of likely N-dealkylation sites (N-methyl/N-ethyl adjacent to an activating group) is 1. The number of rotatable bonds is 5. The average Bonchev–Trinajstić information content (AvgIpc) is 2.73.